The molecule has 0 rings (SSSR count). The molecule has 104 valence electrons. The fourth-order valence-electron chi connectivity index (χ4n) is 1.43. The lowest BCUT2D eigenvalue weighted by Crippen LogP contribution is -2.46. The highest BCUT2D eigenvalue weighted by atomic mass is 28.4. The van der Waals surface area contributed by atoms with Gasteiger partial charge in [-0.25, -0.2) is 4.11 Å². The van der Waals surface area contributed by atoms with Crippen LogP contribution in [0.5, 0.6) is 0 Å². The van der Waals surface area contributed by atoms with Crippen molar-refractivity contribution >= 4 is 9.14 Å². The SMILES string of the molecule is CCCO[Si](F)(OCCC)OC(CC)C(C)C. The summed E-state index contributed by atoms with van der Waals surface area (Å²) in [4.78, 5) is 0. The largest absolute Gasteiger partial charge is 0.720 e. The maximum atomic E-state index is 14.4. The maximum Gasteiger partial charge on any atom is 0.720 e. The first-order valence-electron chi connectivity index (χ1n) is 6.63. The third kappa shape index (κ3) is 7.13. The Morgan fingerprint density at radius 1 is 1.00 bits per heavy atom. The topological polar surface area (TPSA) is 27.7 Å². The van der Waals surface area contributed by atoms with Gasteiger partial charge >= 0.3 is 9.14 Å². The monoisotopic (exact) mass is 266 g/mol. The van der Waals surface area contributed by atoms with E-state index in [4.69, 9.17) is 13.3 Å². The minimum absolute atomic E-state index is 0.139. The van der Waals surface area contributed by atoms with E-state index in [1.54, 1.807) is 0 Å². The summed E-state index contributed by atoms with van der Waals surface area (Å²) in [6, 6.07) is 0. The van der Waals surface area contributed by atoms with E-state index in [0.717, 1.165) is 19.3 Å². The van der Waals surface area contributed by atoms with Crippen molar-refractivity contribution in [3.8, 4) is 0 Å². The molecule has 0 radical (unpaired) electrons. The van der Waals surface area contributed by atoms with Gasteiger partial charge in [0.2, 0.25) is 0 Å². The Kier molecular flexibility index (Phi) is 9.04. The van der Waals surface area contributed by atoms with Crippen LogP contribution < -0.4 is 0 Å². The van der Waals surface area contributed by atoms with Crippen LogP contribution in [0.3, 0.4) is 0 Å². The quantitative estimate of drug-likeness (QED) is 0.446. The zero-order chi connectivity index (χ0) is 13.3. The second-order valence-electron chi connectivity index (χ2n) is 4.49. The van der Waals surface area contributed by atoms with Crippen molar-refractivity contribution in [2.75, 3.05) is 13.2 Å². The number of hydrogen-bond donors (Lipinski definition) is 0. The first-order valence-corrected chi connectivity index (χ1v) is 8.23. The molecular weight excluding hydrogens is 239 g/mol. The number of hydrogen-bond acceptors (Lipinski definition) is 3. The van der Waals surface area contributed by atoms with Gasteiger partial charge < -0.3 is 13.3 Å². The van der Waals surface area contributed by atoms with Gasteiger partial charge in [0, 0.05) is 13.2 Å². The Labute approximate surface area is 106 Å². The highest BCUT2D eigenvalue weighted by Crippen LogP contribution is 2.20. The van der Waals surface area contributed by atoms with E-state index in [0.29, 0.717) is 13.2 Å². The van der Waals surface area contributed by atoms with Crippen molar-refractivity contribution in [2.45, 2.75) is 60.0 Å². The number of halogens is 1. The molecule has 1 atom stereocenters. The normalized spacial score (nSPS) is 14.3. The summed E-state index contributed by atoms with van der Waals surface area (Å²) in [5.41, 5.74) is 0. The summed E-state index contributed by atoms with van der Waals surface area (Å²) in [5, 5.41) is 0. The summed E-state index contributed by atoms with van der Waals surface area (Å²) in [5.74, 6) is 0.262. The Bertz CT molecular complexity index is 183. The van der Waals surface area contributed by atoms with E-state index in [9.17, 15) is 4.11 Å². The second kappa shape index (κ2) is 9.02. The molecule has 0 aliphatic heterocycles. The molecule has 0 fully saturated rings. The molecule has 0 saturated carbocycles. The van der Waals surface area contributed by atoms with Gasteiger partial charge in [0.05, 0.1) is 6.10 Å². The highest BCUT2D eigenvalue weighted by molar-refractivity contribution is 6.52. The first kappa shape index (κ1) is 17.0. The lowest BCUT2D eigenvalue weighted by Gasteiger charge is -2.27. The van der Waals surface area contributed by atoms with Crippen molar-refractivity contribution in [1.82, 2.24) is 0 Å². The van der Waals surface area contributed by atoms with Crippen LogP contribution in [-0.4, -0.2) is 28.5 Å². The summed E-state index contributed by atoms with van der Waals surface area (Å²) in [6.07, 6.45) is 2.15. The van der Waals surface area contributed by atoms with E-state index in [1.165, 1.54) is 0 Å². The molecule has 0 amide bonds. The molecule has 0 spiro atoms. The zero-order valence-electron chi connectivity index (χ0n) is 11.8. The third-order valence-electron chi connectivity index (χ3n) is 2.40. The molecule has 0 aliphatic rings. The fraction of sp³-hybridized carbons (Fsp3) is 1.00. The molecule has 0 aromatic heterocycles. The molecular formula is C12H27FO3Si. The van der Waals surface area contributed by atoms with Crippen LogP contribution in [0.1, 0.15) is 53.9 Å². The third-order valence-corrected chi connectivity index (χ3v) is 4.08. The van der Waals surface area contributed by atoms with Gasteiger partial charge in [0.15, 0.2) is 0 Å². The minimum atomic E-state index is -3.94. The average molecular weight is 266 g/mol. The lowest BCUT2D eigenvalue weighted by molar-refractivity contribution is -0.0227. The van der Waals surface area contributed by atoms with Crippen LogP contribution in [0.25, 0.3) is 0 Å². The van der Waals surface area contributed by atoms with Gasteiger partial charge in [0.25, 0.3) is 0 Å². The Hall–Kier alpha value is 0.0269. The Morgan fingerprint density at radius 2 is 1.47 bits per heavy atom. The summed E-state index contributed by atoms with van der Waals surface area (Å²) < 4.78 is 30.3. The van der Waals surface area contributed by atoms with E-state index in [2.05, 4.69) is 0 Å². The Balaban J connectivity index is 4.42. The van der Waals surface area contributed by atoms with Gasteiger partial charge in [-0.05, 0) is 25.2 Å². The maximum absolute atomic E-state index is 14.4. The van der Waals surface area contributed by atoms with Crippen LogP contribution in [0.4, 0.5) is 4.11 Å². The molecule has 0 N–H and O–H groups in total. The van der Waals surface area contributed by atoms with Crippen LogP contribution in [0.2, 0.25) is 0 Å². The average Bonchev–Trinajstić information content (AvgIpc) is 2.31. The molecule has 0 aliphatic carbocycles. The van der Waals surface area contributed by atoms with E-state index < -0.39 is 9.14 Å². The lowest BCUT2D eigenvalue weighted by atomic mass is 10.1. The number of rotatable bonds is 10. The van der Waals surface area contributed by atoms with Crippen molar-refractivity contribution in [2.24, 2.45) is 5.92 Å². The van der Waals surface area contributed by atoms with E-state index in [1.807, 2.05) is 34.6 Å². The molecule has 17 heavy (non-hydrogen) atoms. The molecule has 5 heteroatoms. The van der Waals surface area contributed by atoms with Crippen LogP contribution in [0.15, 0.2) is 0 Å². The molecule has 3 nitrogen and oxygen atoms in total. The molecule has 0 saturated heterocycles. The standard InChI is InChI=1S/C12H27FO3Si/c1-6-9-14-17(13,15-10-7-2)16-12(8-3)11(4)5/h11-12H,6-10H2,1-5H3. The fourth-order valence-corrected chi connectivity index (χ4v) is 3.35. The summed E-state index contributed by atoms with van der Waals surface area (Å²) >= 11 is 0. The van der Waals surface area contributed by atoms with E-state index in [-0.39, 0.29) is 12.0 Å². The molecule has 0 heterocycles. The van der Waals surface area contributed by atoms with Gasteiger partial charge in [0.1, 0.15) is 0 Å². The van der Waals surface area contributed by atoms with Crippen molar-refractivity contribution in [3.05, 3.63) is 0 Å². The Morgan fingerprint density at radius 3 is 1.76 bits per heavy atom. The van der Waals surface area contributed by atoms with Crippen molar-refractivity contribution < 1.29 is 17.4 Å². The van der Waals surface area contributed by atoms with Gasteiger partial charge in [-0.3, -0.25) is 0 Å². The van der Waals surface area contributed by atoms with Gasteiger partial charge in [-0.1, -0.05) is 34.6 Å². The second-order valence-corrected chi connectivity index (χ2v) is 6.26. The smallest absolute Gasteiger partial charge is 0.348 e. The zero-order valence-corrected chi connectivity index (χ0v) is 12.8. The van der Waals surface area contributed by atoms with Crippen molar-refractivity contribution in [3.63, 3.8) is 0 Å². The molecule has 0 bridgehead atoms. The predicted molar refractivity (Wildman–Crippen MR) is 69.4 cm³/mol. The van der Waals surface area contributed by atoms with E-state index >= 15 is 0 Å². The van der Waals surface area contributed by atoms with Crippen LogP contribution >= 0.6 is 0 Å². The molecule has 1 unspecified atom stereocenters. The molecule has 0 aromatic carbocycles. The summed E-state index contributed by atoms with van der Waals surface area (Å²) in [6.45, 7) is 10.6. The van der Waals surface area contributed by atoms with Crippen LogP contribution in [-0.2, 0) is 13.3 Å². The summed E-state index contributed by atoms with van der Waals surface area (Å²) in [7, 11) is -3.94. The van der Waals surface area contributed by atoms with Gasteiger partial charge in [-0.2, -0.15) is 0 Å². The minimum Gasteiger partial charge on any atom is -0.348 e. The van der Waals surface area contributed by atoms with Crippen molar-refractivity contribution in [1.29, 1.82) is 0 Å². The van der Waals surface area contributed by atoms with Gasteiger partial charge in [-0.15, -0.1) is 0 Å². The first-order chi connectivity index (χ1) is 7.99. The molecule has 0 aromatic rings. The van der Waals surface area contributed by atoms with Crippen LogP contribution in [0, 0.1) is 5.92 Å². The predicted octanol–water partition coefficient (Wildman–Crippen LogP) is 3.70. The highest BCUT2D eigenvalue weighted by Gasteiger charge is 2.46.